The molecule has 0 aromatic heterocycles. The van der Waals surface area contributed by atoms with E-state index < -0.39 is 29.0 Å². The van der Waals surface area contributed by atoms with Gasteiger partial charge in [-0.25, -0.2) is 13.2 Å². The smallest absolute Gasteiger partial charge is 0.243 e. The molecule has 0 bridgehead atoms. The van der Waals surface area contributed by atoms with Gasteiger partial charge in [0.25, 0.3) is 0 Å². The molecule has 0 spiro atoms. The van der Waals surface area contributed by atoms with Gasteiger partial charge in [0.15, 0.2) is 11.6 Å². The number of benzene rings is 2. The Morgan fingerprint density at radius 3 is 2.33 bits per heavy atom. The molecule has 0 aliphatic heterocycles. The third-order valence-electron chi connectivity index (χ3n) is 2.58. The molecule has 0 saturated heterocycles. The fourth-order valence-corrected chi connectivity index (χ4v) is 2.02. The predicted molar refractivity (Wildman–Crippen MR) is 77.6 cm³/mol. The second kappa shape index (κ2) is 6.62. The number of nitrogens with one attached hydrogen (secondary N) is 2. The van der Waals surface area contributed by atoms with E-state index in [1.807, 2.05) is 0 Å². The highest BCUT2D eigenvalue weighted by molar-refractivity contribution is 9.10. The van der Waals surface area contributed by atoms with Crippen molar-refractivity contribution < 1.29 is 18.0 Å². The molecule has 7 heteroatoms. The molecule has 3 nitrogen and oxygen atoms in total. The van der Waals surface area contributed by atoms with Gasteiger partial charge in [-0.1, -0.05) is 12.1 Å². The quantitative estimate of drug-likeness (QED) is 0.869. The monoisotopic (exact) mass is 358 g/mol. The van der Waals surface area contributed by atoms with Gasteiger partial charge >= 0.3 is 0 Å². The lowest BCUT2D eigenvalue weighted by Gasteiger charge is -2.10. The highest BCUT2D eigenvalue weighted by Crippen LogP contribution is 2.22. The van der Waals surface area contributed by atoms with Crippen LogP contribution >= 0.6 is 15.9 Å². The van der Waals surface area contributed by atoms with Crippen LogP contribution in [0.15, 0.2) is 40.9 Å². The van der Waals surface area contributed by atoms with Crippen molar-refractivity contribution in [3.63, 3.8) is 0 Å². The van der Waals surface area contributed by atoms with E-state index in [0.29, 0.717) is 22.3 Å². The normalized spacial score (nSPS) is 10.3. The number of amides is 1. The Bertz CT molecular complexity index is 656. The lowest BCUT2D eigenvalue weighted by atomic mass is 10.2. The first-order chi connectivity index (χ1) is 9.97. The summed E-state index contributed by atoms with van der Waals surface area (Å²) in [6.07, 6.45) is 0. The second-order valence-corrected chi connectivity index (χ2v) is 4.98. The summed E-state index contributed by atoms with van der Waals surface area (Å²) in [5, 5.41) is 4.87. The van der Waals surface area contributed by atoms with Crippen molar-refractivity contribution >= 4 is 33.2 Å². The van der Waals surface area contributed by atoms with E-state index in [1.165, 1.54) is 0 Å². The van der Waals surface area contributed by atoms with Crippen molar-refractivity contribution in [1.29, 1.82) is 0 Å². The third-order valence-corrected chi connectivity index (χ3v) is 3.27. The lowest BCUT2D eigenvalue weighted by molar-refractivity contribution is -0.114. The molecule has 2 rings (SSSR count). The fourth-order valence-electron chi connectivity index (χ4n) is 1.64. The lowest BCUT2D eigenvalue weighted by Crippen LogP contribution is -2.22. The topological polar surface area (TPSA) is 41.1 Å². The first-order valence-electron chi connectivity index (χ1n) is 5.90. The van der Waals surface area contributed by atoms with Crippen molar-refractivity contribution in [1.82, 2.24) is 0 Å². The van der Waals surface area contributed by atoms with Crippen LogP contribution in [0.1, 0.15) is 0 Å². The largest absolute Gasteiger partial charge is 0.371 e. The molecular weight excluding hydrogens is 349 g/mol. The zero-order valence-electron chi connectivity index (χ0n) is 10.6. The van der Waals surface area contributed by atoms with E-state index in [-0.39, 0.29) is 6.54 Å². The van der Waals surface area contributed by atoms with Crippen LogP contribution in [0.5, 0.6) is 0 Å². The molecule has 0 unspecified atom stereocenters. The average molecular weight is 359 g/mol. The Morgan fingerprint density at radius 1 is 1.10 bits per heavy atom. The van der Waals surface area contributed by atoms with Crippen LogP contribution in [0.25, 0.3) is 0 Å². The molecule has 0 aliphatic rings. The summed E-state index contributed by atoms with van der Waals surface area (Å²) in [7, 11) is 0. The Morgan fingerprint density at radius 2 is 1.71 bits per heavy atom. The number of anilines is 2. The molecule has 0 aliphatic carbocycles. The summed E-state index contributed by atoms with van der Waals surface area (Å²) < 4.78 is 40.2. The van der Waals surface area contributed by atoms with Crippen LogP contribution in [0, 0.1) is 17.5 Å². The van der Waals surface area contributed by atoms with Crippen LogP contribution < -0.4 is 10.6 Å². The number of carbonyl (C=O) groups is 1. The average Bonchev–Trinajstić information content (AvgIpc) is 2.40. The van der Waals surface area contributed by atoms with Crippen molar-refractivity contribution in [2.45, 2.75) is 0 Å². The molecule has 2 N–H and O–H groups in total. The molecule has 2 aromatic carbocycles. The Balaban J connectivity index is 2.01. The minimum Gasteiger partial charge on any atom is -0.371 e. The number of hydrogen-bond acceptors (Lipinski definition) is 2. The first-order valence-corrected chi connectivity index (χ1v) is 6.69. The molecule has 0 radical (unpaired) electrons. The second-order valence-electron chi connectivity index (χ2n) is 4.13. The molecule has 0 saturated carbocycles. The maximum atomic E-state index is 13.4. The molecule has 21 heavy (non-hydrogen) atoms. The zero-order chi connectivity index (χ0) is 15.4. The number of rotatable bonds is 4. The van der Waals surface area contributed by atoms with Gasteiger partial charge < -0.3 is 10.6 Å². The van der Waals surface area contributed by atoms with E-state index in [4.69, 9.17) is 0 Å². The summed E-state index contributed by atoms with van der Waals surface area (Å²) in [5.41, 5.74) is -0.0111. The van der Waals surface area contributed by atoms with Crippen LogP contribution in [0.3, 0.4) is 0 Å². The van der Waals surface area contributed by atoms with E-state index in [9.17, 15) is 18.0 Å². The third kappa shape index (κ3) is 3.98. The molecule has 0 heterocycles. The van der Waals surface area contributed by atoms with Gasteiger partial charge in [-0.3, -0.25) is 4.79 Å². The van der Waals surface area contributed by atoms with Crippen LogP contribution in [0.2, 0.25) is 0 Å². The van der Waals surface area contributed by atoms with Gasteiger partial charge in [-0.15, -0.1) is 0 Å². The van der Waals surface area contributed by atoms with Crippen LogP contribution in [-0.4, -0.2) is 12.5 Å². The highest BCUT2D eigenvalue weighted by atomic mass is 79.9. The summed E-state index contributed by atoms with van der Waals surface area (Å²) in [5.74, 6) is -3.71. The minimum atomic E-state index is -1.10. The van der Waals surface area contributed by atoms with Crippen LogP contribution in [0.4, 0.5) is 24.5 Å². The van der Waals surface area contributed by atoms with Gasteiger partial charge in [0.2, 0.25) is 5.91 Å². The van der Waals surface area contributed by atoms with Crippen molar-refractivity contribution in [2.75, 3.05) is 17.2 Å². The zero-order valence-corrected chi connectivity index (χ0v) is 12.2. The number of halogens is 4. The van der Waals surface area contributed by atoms with Gasteiger partial charge in [-0.05, 0) is 28.1 Å². The minimum absolute atomic E-state index is 0.360. The SMILES string of the molecule is O=C(CNc1c(F)cc(F)cc1F)Nc1ccccc1Br. The van der Waals surface area contributed by atoms with Crippen LogP contribution in [-0.2, 0) is 4.79 Å². The molecular formula is C14H10BrF3N2O. The molecule has 0 fully saturated rings. The Labute approximate surface area is 127 Å². The van der Waals surface area contributed by atoms with E-state index in [1.54, 1.807) is 24.3 Å². The Kier molecular flexibility index (Phi) is 4.85. The van der Waals surface area contributed by atoms with E-state index in [0.717, 1.165) is 0 Å². The van der Waals surface area contributed by atoms with Gasteiger partial charge in [0.05, 0.1) is 12.2 Å². The number of carbonyl (C=O) groups excluding carboxylic acids is 1. The van der Waals surface area contributed by atoms with Crippen molar-refractivity contribution in [3.05, 3.63) is 58.3 Å². The number of hydrogen-bond donors (Lipinski definition) is 2. The highest BCUT2D eigenvalue weighted by Gasteiger charge is 2.13. The van der Waals surface area contributed by atoms with Crippen molar-refractivity contribution in [2.24, 2.45) is 0 Å². The maximum absolute atomic E-state index is 13.4. The van der Waals surface area contributed by atoms with Gasteiger partial charge in [-0.2, -0.15) is 0 Å². The molecule has 0 atom stereocenters. The van der Waals surface area contributed by atoms with Gasteiger partial charge in [0, 0.05) is 16.6 Å². The Hall–Kier alpha value is -2.02. The standard InChI is InChI=1S/C14H10BrF3N2O/c15-9-3-1-2-4-12(9)20-13(21)7-19-14-10(17)5-8(16)6-11(14)18/h1-6,19H,7H2,(H,20,21). The van der Waals surface area contributed by atoms with Crippen molar-refractivity contribution in [3.8, 4) is 0 Å². The van der Waals surface area contributed by atoms with Gasteiger partial charge in [0.1, 0.15) is 11.5 Å². The number of para-hydroxylation sites is 1. The summed E-state index contributed by atoms with van der Waals surface area (Å²) >= 11 is 3.26. The summed E-state index contributed by atoms with van der Waals surface area (Å²) in [6.45, 7) is -0.360. The summed E-state index contributed by atoms with van der Waals surface area (Å²) in [4.78, 5) is 11.7. The molecule has 2 aromatic rings. The molecule has 1 amide bonds. The van der Waals surface area contributed by atoms with E-state index >= 15 is 0 Å². The van der Waals surface area contributed by atoms with E-state index in [2.05, 4.69) is 26.6 Å². The fraction of sp³-hybridized carbons (Fsp3) is 0.0714. The first kappa shape index (κ1) is 15.4. The maximum Gasteiger partial charge on any atom is 0.243 e. The predicted octanol–water partition coefficient (Wildman–Crippen LogP) is 3.92. The summed E-state index contributed by atoms with van der Waals surface area (Å²) in [6, 6.07) is 7.99. The molecule has 110 valence electrons.